The Morgan fingerprint density at radius 3 is 2.30 bits per heavy atom. The van der Waals surface area contributed by atoms with Crippen molar-refractivity contribution in [1.82, 2.24) is 4.90 Å². The molecular formula is C16H25N3O4. The van der Waals surface area contributed by atoms with Crippen molar-refractivity contribution in [3.63, 3.8) is 0 Å². The topological polar surface area (TPSA) is 108 Å². The molecule has 0 saturated carbocycles. The molecule has 0 aliphatic rings. The first-order valence-electron chi connectivity index (χ1n) is 7.35. The van der Waals surface area contributed by atoms with Crippen molar-refractivity contribution in [2.24, 2.45) is 0 Å². The van der Waals surface area contributed by atoms with E-state index in [0.717, 1.165) is 4.90 Å². The van der Waals surface area contributed by atoms with Gasteiger partial charge in [-0.05, 0) is 46.2 Å². The summed E-state index contributed by atoms with van der Waals surface area (Å²) in [7, 11) is 0. The molecule has 0 aliphatic heterocycles. The van der Waals surface area contributed by atoms with E-state index >= 15 is 0 Å². The number of nitrogens with two attached hydrogens (primary N) is 2. The Kier molecular flexibility index (Phi) is 5.84. The molecule has 0 atom stereocenters. The maximum Gasteiger partial charge on any atom is 0.420 e. The summed E-state index contributed by atoms with van der Waals surface area (Å²) >= 11 is 0. The van der Waals surface area contributed by atoms with Gasteiger partial charge in [-0.25, -0.2) is 14.5 Å². The van der Waals surface area contributed by atoms with Crippen LogP contribution in [0.1, 0.15) is 40.2 Å². The van der Waals surface area contributed by atoms with Crippen LogP contribution in [0, 0.1) is 0 Å². The van der Waals surface area contributed by atoms with Crippen molar-refractivity contribution < 1.29 is 19.1 Å². The molecule has 1 aromatic rings. The number of nitrogens with zero attached hydrogens (tertiary/aromatic N) is 1. The number of hydrogen-bond acceptors (Lipinski definition) is 6. The maximum absolute atomic E-state index is 12.3. The number of ether oxygens (including phenoxy) is 2. The molecule has 0 aromatic heterocycles. The first-order chi connectivity index (χ1) is 10.5. The zero-order valence-electron chi connectivity index (χ0n) is 14.3. The summed E-state index contributed by atoms with van der Waals surface area (Å²) in [5, 5.41) is 0. The third-order valence-corrected chi connectivity index (χ3v) is 2.73. The largest absolute Gasteiger partial charge is 0.446 e. The normalized spacial score (nSPS) is 11.2. The fourth-order valence-corrected chi connectivity index (χ4v) is 1.73. The molecule has 7 nitrogen and oxygen atoms in total. The molecule has 0 radical (unpaired) electrons. The standard InChI is InChI=1S/C16H25N3O4/c1-10(2)22-14(20)19(15(21)23-16(3,4)5)9-11-7-6-8-12(17)13(11)18/h6-8,10H,9,17-18H2,1-5H3. The van der Waals surface area contributed by atoms with Crippen molar-refractivity contribution in [2.75, 3.05) is 11.5 Å². The van der Waals surface area contributed by atoms with Crippen LogP contribution in [0.3, 0.4) is 0 Å². The Bertz CT molecular complexity index is 579. The summed E-state index contributed by atoms with van der Waals surface area (Å²) in [5.74, 6) is 0. The van der Waals surface area contributed by atoms with E-state index < -0.39 is 17.8 Å². The minimum atomic E-state index is -0.801. The zero-order chi connectivity index (χ0) is 17.8. The molecule has 128 valence electrons. The van der Waals surface area contributed by atoms with Gasteiger partial charge in [0.1, 0.15) is 5.60 Å². The number of benzene rings is 1. The van der Waals surface area contributed by atoms with Crippen LogP contribution in [-0.2, 0) is 16.0 Å². The quantitative estimate of drug-likeness (QED) is 0.827. The van der Waals surface area contributed by atoms with Crippen LogP contribution in [-0.4, -0.2) is 28.8 Å². The Morgan fingerprint density at radius 1 is 1.17 bits per heavy atom. The van der Waals surface area contributed by atoms with Crippen molar-refractivity contribution >= 4 is 23.6 Å². The molecule has 0 fully saturated rings. The van der Waals surface area contributed by atoms with Crippen LogP contribution in [0.15, 0.2) is 18.2 Å². The Labute approximate surface area is 136 Å². The second-order valence-electron chi connectivity index (χ2n) is 6.42. The van der Waals surface area contributed by atoms with Gasteiger partial charge in [-0.2, -0.15) is 0 Å². The van der Waals surface area contributed by atoms with Crippen molar-refractivity contribution in [1.29, 1.82) is 0 Å². The fraction of sp³-hybridized carbons (Fsp3) is 0.500. The lowest BCUT2D eigenvalue weighted by molar-refractivity contribution is 0.0161. The highest BCUT2D eigenvalue weighted by Gasteiger charge is 2.29. The molecule has 1 aromatic carbocycles. The number of anilines is 2. The first-order valence-corrected chi connectivity index (χ1v) is 7.35. The van der Waals surface area contributed by atoms with Gasteiger partial charge in [-0.1, -0.05) is 12.1 Å². The van der Waals surface area contributed by atoms with Crippen LogP contribution in [0.2, 0.25) is 0 Å². The predicted molar refractivity (Wildman–Crippen MR) is 88.7 cm³/mol. The van der Waals surface area contributed by atoms with E-state index in [-0.39, 0.29) is 12.6 Å². The van der Waals surface area contributed by atoms with E-state index in [1.807, 2.05) is 0 Å². The highest BCUT2D eigenvalue weighted by atomic mass is 16.6. The lowest BCUT2D eigenvalue weighted by atomic mass is 10.1. The van der Waals surface area contributed by atoms with Gasteiger partial charge in [0.2, 0.25) is 0 Å². The third kappa shape index (κ3) is 5.69. The number of para-hydroxylation sites is 1. The maximum atomic E-state index is 12.3. The van der Waals surface area contributed by atoms with Crippen molar-refractivity contribution in [2.45, 2.75) is 52.9 Å². The first kappa shape index (κ1) is 18.6. The molecule has 4 N–H and O–H groups in total. The highest BCUT2D eigenvalue weighted by Crippen LogP contribution is 2.22. The van der Waals surface area contributed by atoms with Crippen molar-refractivity contribution in [3.05, 3.63) is 23.8 Å². The van der Waals surface area contributed by atoms with E-state index in [0.29, 0.717) is 16.9 Å². The average molecular weight is 323 g/mol. The van der Waals surface area contributed by atoms with Gasteiger partial charge >= 0.3 is 12.2 Å². The minimum Gasteiger partial charge on any atom is -0.446 e. The van der Waals surface area contributed by atoms with Gasteiger partial charge in [-0.3, -0.25) is 0 Å². The molecule has 1 rings (SSSR count). The summed E-state index contributed by atoms with van der Waals surface area (Å²) in [4.78, 5) is 25.4. The molecular weight excluding hydrogens is 298 g/mol. The van der Waals surface area contributed by atoms with Crippen LogP contribution in [0.5, 0.6) is 0 Å². The van der Waals surface area contributed by atoms with Crippen LogP contribution in [0.4, 0.5) is 21.0 Å². The third-order valence-electron chi connectivity index (χ3n) is 2.73. The minimum absolute atomic E-state index is 0.0860. The predicted octanol–water partition coefficient (Wildman–Crippen LogP) is 3.13. The second kappa shape index (κ2) is 7.21. The molecule has 23 heavy (non-hydrogen) atoms. The number of hydrogen-bond donors (Lipinski definition) is 2. The average Bonchev–Trinajstić information content (AvgIpc) is 2.37. The van der Waals surface area contributed by atoms with E-state index in [1.165, 1.54) is 0 Å². The van der Waals surface area contributed by atoms with E-state index in [4.69, 9.17) is 20.9 Å². The zero-order valence-corrected chi connectivity index (χ0v) is 14.3. The van der Waals surface area contributed by atoms with Gasteiger partial charge in [0.05, 0.1) is 24.0 Å². The van der Waals surface area contributed by atoms with Crippen molar-refractivity contribution in [3.8, 4) is 0 Å². The molecule has 0 bridgehead atoms. The number of carbonyl (C=O) groups excluding carboxylic acids is 2. The number of imide groups is 1. The lowest BCUT2D eigenvalue weighted by Gasteiger charge is -2.26. The SMILES string of the molecule is CC(C)OC(=O)N(Cc1cccc(N)c1N)C(=O)OC(C)(C)C. The molecule has 0 aliphatic carbocycles. The van der Waals surface area contributed by atoms with E-state index in [1.54, 1.807) is 52.8 Å². The Balaban J connectivity index is 3.06. The molecule has 0 spiro atoms. The Hall–Kier alpha value is -2.44. The highest BCUT2D eigenvalue weighted by molar-refractivity contribution is 5.88. The molecule has 0 heterocycles. The molecule has 0 unspecified atom stereocenters. The summed E-state index contributed by atoms with van der Waals surface area (Å²) in [6.07, 6.45) is -1.97. The number of rotatable bonds is 3. The lowest BCUT2D eigenvalue weighted by Crippen LogP contribution is -2.41. The van der Waals surface area contributed by atoms with Crippen LogP contribution >= 0.6 is 0 Å². The van der Waals surface area contributed by atoms with Crippen LogP contribution < -0.4 is 11.5 Å². The van der Waals surface area contributed by atoms with E-state index in [9.17, 15) is 9.59 Å². The molecule has 0 saturated heterocycles. The molecule has 2 amide bonds. The Morgan fingerprint density at radius 2 is 1.78 bits per heavy atom. The monoisotopic (exact) mass is 323 g/mol. The van der Waals surface area contributed by atoms with E-state index in [2.05, 4.69) is 0 Å². The van der Waals surface area contributed by atoms with Gasteiger partial charge in [-0.15, -0.1) is 0 Å². The summed E-state index contributed by atoms with van der Waals surface area (Å²) < 4.78 is 10.4. The smallest absolute Gasteiger partial charge is 0.420 e. The second-order valence-corrected chi connectivity index (χ2v) is 6.42. The van der Waals surface area contributed by atoms with Gasteiger partial charge in [0.25, 0.3) is 0 Å². The number of carbonyl (C=O) groups is 2. The van der Waals surface area contributed by atoms with Gasteiger partial charge in [0.15, 0.2) is 0 Å². The summed E-state index contributed by atoms with van der Waals surface area (Å²) in [5.41, 5.74) is 12.2. The fourth-order valence-electron chi connectivity index (χ4n) is 1.73. The number of nitrogen functional groups attached to an aromatic ring is 2. The summed E-state index contributed by atoms with van der Waals surface area (Å²) in [6.45, 7) is 8.45. The van der Waals surface area contributed by atoms with Crippen LogP contribution in [0.25, 0.3) is 0 Å². The molecule has 7 heteroatoms. The number of amides is 2. The van der Waals surface area contributed by atoms with Gasteiger partial charge in [0, 0.05) is 0 Å². The van der Waals surface area contributed by atoms with Gasteiger partial charge < -0.3 is 20.9 Å². The summed E-state index contributed by atoms with van der Waals surface area (Å²) in [6, 6.07) is 5.02.